The summed E-state index contributed by atoms with van der Waals surface area (Å²) in [7, 11) is -3.87. The molecule has 2 aromatic carbocycles. The van der Waals surface area contributed by atoms with E-state index in [4.69, 9.17) is 10.5 Å². The Balaban J connectivity index is 1.44. The first kappa shape index (κ1) is 20.8. The fourth-order valence-electron chi connectivity index (χ4n) is 3.77. The van der Waals surface area contributed by atoms with E-state index < -0.39 is 10.2 Å². The standard InChI is InChI=1S/C20H22N4O6S/c21-19-18-14(22-31(28,29)23-19)4-1-5-17(18)30-11-12-3-2-8-24(10-12)20(27)13-6-7-15(25)16(26)9-13/h1,4-7,9,12,22,25-26H,2-3,8,10-11H2,(H2,21,23). The Morgan fingerprint density at radius 2 is 2.06 bits per heavy atom. The van der Waals surface area contributed by atoms with Crippen molar-refractivity contribution in [3.05, 3.63) is 47.5 Å². The van der Waals surface area contributed by atoms with Gasteiger partial charge in [-0.1, -0.05) is 6.07 Å². The van der Waals surface area contributed by atoms with Gasteiger partial charge < -0.3 is 25.6 Å². The summed E-state index contributed by atoms with van der Waals surface area (Å²) in [6.45, 7) is 1.35. The number of nitrogens with one attached hydrogen (secondary N) is 1. The van der Waals surface area contributed by atoms with E-state index in [0.717, 1.165) is 12.8 Å². The van der Waals surface area contributed by atoms with Gasteiger partial charge in [0.2, 0.25) is 0 Å². The lowest BCUT2D eigenvalue weighted by atomic mass is 9.98. The molecule has 5 N–H and O–H groups in total. The van der Waals surface area contributed by atoms with E-state index in [1.165, 1.54) is 18.2 Å². The number of hydrogen-bond acceptors (Lipinski definition) is 7. The molecular weight excluding hydrogens is 424 g/mol. The summed E-state index contributed by atoms with van der Waals surface area (Å²) in [5, 5.41) is 19.1. The summed E-state index contributed by atoms with van der Waals surface area (Å²) in [5.41, 5.74) is 6.83. The Bertz CT molecular complexity index is 1160. The summed E-state index contributed by atoms with van der Waals surface area (Å²) in [4.78, 5) is 14.5. The first-order valence-corrected chi connectivity index (χ1v) is 11.1. The molecule has 0 bridgehead atoms. The topological polar surface area (TPSA) is 155 Å². The van der Waals surface area contributed by atoms with Crippen molar-refractivity contribution in [3.63, 3.8) is 0 Å². The van der Waals surface area contributed by atoms with Crippen LogP contribution in [0.3, 0.4) is 0 Å². The molecule has 164 valence electrons. The van der Waals surface area contributed by atoms with Crippen LogP contribution < -0.4 is 15.2 Å². The average molecular weight is 446 g/mol. The second-order valence-corrected chi connectivity index (χ2v) is 8.84. The van der Waals surface area contributed by atoms with Crippen LogP contribution in [0.2, 0.25) is 0 Å². The molecule has 4 rings (SSSR count). The normalized spacial score (nSPS) is 19.7. The first-order chi connectivity index (χ1) is 14.7. The summed E-state index contributed by atoms with van der Waals surface area (Å²) in [6, 6.07) is 8.92. The van der Waals surface area contributed by atoms with Crippen molar-refractivity contribution in [1.29, 1.82) is 0 Å². The second-order valence-electron chi connectivity index (χ2n) is 7.51. The van der Waals surface area contributed by atoms with Gasteiger partial charge in [0, 0.05) is 24.6 Å². The minimum atomic E-state index is -3.87. The van der Waals surface area contributed by atoms with Crippen molar-refractivity contribution in [2.24, 2.45) is 16.0 Å². The Labute approximate surface area is 179 Å². The van der Waals surface area contributed by atoms with Gasteiger partial charge in [-0.15, -0.1) is 4.40 Å². The van der Waals surface area contributed by atoms with Gasteiger partial charge in [-0.05, 0) is 43.2 Å². The molecule has 0 spiro atoms. The maximum absolute atomic E-state index is 12.8. The number of ether oxygens (including phenoxy) is 1. The second kappa shape index (κ2) is 7.99. The molecule has 2 aromatic rings. The molecule has 1 fully saturated rings. The van der Waals surface area contributed by atoms with Crippen molar-refractivity contribution < 1.29 is 28.2 Å². The molecule has 11 heteroatoms. The lowest BCUT2D eigenvalue weighted by Gasteiger charge is -2.33. The Hall–Kier alpha value is -3.47. The Kier molecular flexibility index (Phi) is 5.36. The average Bonchev–Trinajstić information content (AvgIpc) is 2.72. The number of nitrogens with two attached hydrogens (primary N) is 1. The quantitative estimate of drug-likeness (QED) is 0.518. The SMILES string of the molecule is NC1=NS(=O)(=O)Nc2cccc(OCC3CCCN(C(=O)c4ccc(O)c(O)c4)C3)c21. The lowest BCUT2D eigenvalue weighted by Crippen LogP contribution is -2.41. The summed E-state index contributed by atoms with van der Waals surface area (Å²) < 4.78 is 35.2. The van der Waals surface area contributed by atoms with Crippen LogP contribution in [0.5, 0.6) is 17.2 Å². The molecule has 2 heterocycles. The molecule has 10 nitrogen and oxygen atoms in total. The first-order valence-electron chi connectivity index (χ1n) is 9.69. The van der Waals surface area contributed by atoms with Crippen LogP contribution in [0, 0.1) is 5.92 Å². The number of aromatic hydroxyl groups is 2. The number of hydrogen-bond donors (Lipinski definition) is 4. The number of likely N-dealkylation sites (tertiary alicyclic amines) is 1. The predicted molar refractivity (Wildman–Crippen MR) is 114 cm³/mol. The zero-order chi connectivity index (χ0) is 22.2. The van der Waals surface area contributed by atoms with Gasteiger partial charge >= 0.3 is 10.2 Å². The molecule has 1 atom stereocenters. The van der Waals surface area contributed by atoms with Crippen LogP contribution in [0.1, 0.15) is 28.8 Å². The minimum Gasteiger partial charge on any atom is -0.504 e. The van der Waals surface area contributed by atoms with E-state index in [2.05, 4.69) is 9.12 Å². The highest BCUT2D eigenvalue weighted by Gasteiger charge is 2.27. The van der Waals surface area contributed by atoms with Gasteiger partial charge in [0.25, 0.3) is 5.91 Å². The molecule has 0 aliphatic carbocycles. The van der Waals surface area contributed by atoms with Crippen LogP contribution in [0.4, 0.5) is 5.69 Å². The number of fused-ring (bicyclic) bond motifs is 1. The van der Waals surface area contributed by atoms with Gasteiger partial charge in [0.15, 0.2) is 17.3 Å². The van der Waals surface area contributed by atoms with E-state index in [-0.39, 0.29) is 29.2 Å². The third kappa shape index (κ3) is 4.36. The number of phenolic OH excluding ortho intramolecular Hbond substituents is 2. The van der Waals surface area contributed by atoms with E-state index in [1.54, 1.807) is 23.1 Å². The van der Waals surface area contributed by atoms with Gasteiger partial charge in [0.1, 0.15) is 5.75 Å². The maximum Gasteiger partial charge on any atom is 0.344 e. The van der Waals surface area contributed by atoms with E-state index in [0.29, 0.717) is 42.3 Å². The smallest absolute Gasteiger partial charge is 0.344 e. The number of anilines is 1. The molecule has 1 saturated heterocycles. The third-order valence-electron chi connectivity index (χ3n) is 5.24. The number of rotatable bonds is 4. The van der Waals surface area contributed by atoms with Crippen molar-refractivity contribution >= 4 is 27.6 Å². The summed E-state index contributed by atoms with van der Waals surface area (Å²) >= 11 is 0. The maximum atomic E-state index is 12.8. The number of benzene rings is 2. The molecule has 0 aromatic heterocycles. The Morgan fingerprint density at radius 1 is 1.26 bits per heavy atom. The van der Waals surface area contributed by atoms with Crippen molar-refractivity contribution in [1.82, 2.24) is 4.90 Å². The van der Waals surface area contributed by atoms with E-state index in [9.17, 15) is 23.4 Å². The number of carbonyl (C=O) groups is 1. The highest BCUT2D eigenvalue weighted by molar-refractivity contribution is 7.91. The minimum absolute atomic E-state index is 0.0534. The number of carbonyl (C=O) groups excluding carboxylic acids is 1. The number of piperidine rings is 1. The number of amidine groups is 1. The van der Waals surface area contributed by atoms with Gasteiger partial charge in [-0.3, -0.25) is 9.52 Å². The molecular formula is C20H22N4O6S. The van der Waals surface area contributed by atoms with E-state index in [1.807, 2.05) is 0 Å². The molecule has 1 amide bonds. The monoisotopic (exact) mass is 446 g/mol. The highest BCUT2D eigenvalue weighted by atomic mass is 32.2. The Morgan fingerprint density at radius 3 is 2.84 bits per heavy atom. The zero-order valence-corrected chi connectivity index (χ0v) is 17.3. The van der Waals surface area contributed by atoms with Crippen molar-refractivity contribution in [2.75, 3.05) is 24.4 Å². The summed E-state index contributed by atoms with van der Waals surface area (Å²) in [5.74, 6) is -0.533. The fraction of sp³-hybridized carbons (Fsp3) is 0.300. The number of phenols is 2. The lowest BCUT2D eigenvalue weighted by molar-refractivity contribution is 0.0633. The van der Waals surface area contributed by atoms with Crippen LogP contribution in [-0.4, -0.2) is 55.0 Å². The fourth-order valence-corrected chi connectivity index (χ4v) is 4.61. The molecule has 2 aliphatic heterocycles. The highest BCUT2D eigenvalue weighted by Crippen LogP contribution is 2.31. The van der Waals surface area contributed by atoms with Crippen LogP contribution >= 0.6 is 0 Å². The van der Waals surface area contributed by atoms with Crippen LogP contribution in [0.15, 0.2) is 40.8 Å². The molecule has 0 radical (unpaired) electrons. The molecule has 1 unspecified atom stereocenters. The molecule has 0 saturated carbocycles. The van der Waals surface area contributed by atoms with Gasteiger partial charge in [-0.25, -0.2) is 0 Å². The molecule has 31 heavy (non-hydrogen) atoms. The largest absolute Gasteiger partial charge is 0.504 e. The number of nitrogens with zero attached hydrogens (tertiary/aromatic N) is 2. The third-order valence-corrected chi connectivity index (χ3v) is 6.16. The van der Waals surface area contributed by atoms with Crippen molar-refractivity contribution in [2.45, 2.75) is 12.8 Å². The van der Waals surface area contributed by atoms with Crippen LogP contribution in [-0.2, 0) is 10.2 Å². The molecule has 2 aliphatic rings. The van der Waals surface area contributed by atoms with E-state index >= 15 is 0 Å². The van der Waals surface area contributed by atoms with Gasteiger partial charge in [-0.2, -0.15) is 8.42 Å². The predicted octanol–water partition coefficient (Wildman–Crippen LogP) is 1.40. The van der Waals surface area contributed by atoms with Crippen LogP contribution in [0.25, 0.3) is 0 Å². The number of amides is 1. The summed E-state index contributed by atoms with van der Waals surface area (Å²) in [6.07, 6.45) is 1.65. The zero-order valence-electron chi connectivity index (χ0n) is 16.5. The van der Waals surface area contributed by atoms with Crippen molar-refractivity contribution in [3.8, 4) is 17.2 Å². The van der Waals surface area contributed by atoms with Gasteiger partial charge in [0.05, 0.1) is 17.9 Å².